The number of anilines is 1. The summed E-state index contributed by atoms with van der Waals surface area (Å²) in [7, 11) is 0. The van der Waals surface area contributed by atoms with E-state index in [1.54, 1.807) is 6.07 Å². The molecule has 0 N–H and O–H groups in total. The molecule has 0 bridgehead atoms. The molecule has 19 heavy (non-hydrogen) atoms. The van der Waals surface area contributed by atoms with Crippen molar-refractivity contribution < 1.29 is 14.0 Å². The lowest BCUT2D eigenvalue weighted by Crippen LogP contribution is -2.40. The average molecular weight is 282 g/mol. The van der Waals surface area contributed by atoms with E-state index in [9.17, 15) is 14.0 Å². The van der Waals surface area contributed by atoms with E-state index in [1.165, 1.54) is 18.2 Å². The molecule has 3 rings (SSSR count). The topological polar surface area (TPSA) is 37.4 Å². The summed E-state index contributed by atoms with van der Waals surface area (Å²) in [6.07, 6.45) is 2.78. The van der Waals surface area contributed by atoms with E-state index < -0.39 is 22.5 Å². The second-order valence-corrected chi connectivity index (χ2v) is 5.77. The summed E-state index contributed by atoms with van der Waals surface area (Å²) in [4.78, 5) is 24.6. The fourth-order valence-electron chi connectivity index (χ4n) is 3.01. The zero-order chi connectivity index (χ0) is 13.6. The van der Waals surface area contributed by atoms with Crippen LogP contribution in [0.4, 0.5) is 10.1 Å². The summed E-state index contributed by atoms with van der Waals surface area (Å²) >= 11 is 6.38. The third kappa shape index (κ3) is 1.70. The van der Waals surface area contributed by atoms with E-state index in [0.717, 1.165) is 17.7 Å². The monoisotopic (exact) mass is 281 g/mol. The maximum Gasteiger partial charge on any atom is 0.255 e. The highest BCUT2D eigenvalue weighted by Gasteiger charge is 2.59. The number of hydrogen-bond acceptors (Lipinski definition) is 2. The van der Waals surface area contributed by atoms with Gasteiger partial charge in [-0.05, 0) is 25.0 Å². The lowest BCUT2D eigenvalue weighted by molar-refractivity contribution is -0.122. The Kier molecular flexibility index (Phi) is 2.86. The molecular weight excluding hydrogens is 269 g/mol. The molecule has 1 heterocycles. The Morgan fingerprint density at radius 1 is 1.26 bits per heavy atom. The zero-order valence-electron chi connectivity index (χ0n) is 10.2. The van der Waals surface area contributed by atoms with Gasteiger partial charge in [-0.15, -0.1) is 11.6 Å². The Bertz CT molecular complexity index is 562. The van der Waals surface area contributed by atoms with Gasteiger partial charge in [-0.3, -0.25) is 9.59 Å². The summed E-state index contributed by atoms with van der Waals surface area (Å²) in [5, 5.41) is 0. The SMILES string of the molecule is O=C1C2CCCCC2(Cl)C(=O)N1c1ccccc1F. The first kappa shape index (κ1) is 12.6. The van der Waals surface area contributed by atoms with E-state index >= 15 is 0 Å². The number of amides is 2. The van der Waals surface area contributed by atoms with Crippen molar-refractivity contribution in [1.29, 1.82) is 0 Å². The number of halogens is 2. The summed E-state index contributed by atoms with van der Waals surface area (Å²) in [6.45, 7) is 0. The molecule has 2 amide bonds. The molecule has 5 heteroatoms. The Labute approximate surface area is 115 Å². The fourth-order valence-corrected chi connectivity index (χ4v) is 3.43. The number of carbonyl (C=O) groups is 2. The highest BCUT2D eigenvalue weighted by atomic mass is 35.5. The molecule has 1 aliphatic carbocycles. The van der Waals surface area contributed by atoms with Crippen molar-refractivity contribution in [2.24, 2.45) is 5.92 Å². The molecule has 2 atom stereocenters. The first-order valence-electron chi connectivity index (χ1n) is 6.37. The van der Waals surface area contributed by atoms with Crippen LogP contribution in [0.2, 0.25) is 0 Å². The van der Waals surface area contributed by atoms with Crippen molar-refractivity contribution in [1.82, 2.24) is 0 Å². The van der Waals surface area contributed by atoms with Gasteiger partial charge < -0.3 is 0 Å². The lowest BCUT2D eigenvalue weighted by atomic mass is 9.80. The third-order valence-corrected chi connectivity index (χ3v) is 4.62. The van der Waals surface area contributed by atoms with Crippen LogP contribution in [0.1, 0.15) is 25.7 Å². The van der Waals surface area contributed by atoms with Gasteiger partial charge in [0.1, 0.15) is 10.7 Å². The summed E-state index contributed by atoms with van der Waals surface area (Å²) in [5.41, 5.74) is 0.00641. The molecule has 0 aromatic heterocycles. The van der Waals surface area contributed by atoms with Crippen molar-refractivity contribution in [2.75, 3.05) is 4.90 Å². The number of hydrogen-bond donors (Lipinski definition) is 0. The second kappa shape index (κ2) is 4.30. The molecule has 0 radical (unpaired) electrons. The number of para-hydroxylation sites is 1. The predicted octanol–water partition coefficient (Wildman–Crippen LogP) is 2.87. The maximum atomic E-state index is 13.8. The van der Waals surface area contributed by atoms with E-state index in [0.29, 0.717) is 12.8 Å². The molecule has 1 saturated heterocycles. The van der Waals surface area contributed by atoms with Gasteiger partial charge in [0.2, 0.25) is 5.91 Å². The van der Waals surface area contributed by atoms with E-state index in [4.69, 9.17) is 11.6 Å². The number of carbonyl (C=O) groups excluding carboxylic acids is 2. The van der Waals surface area contributed by atoms with Crippen LogP contribution in [0.3, 0.4) is 0 Å². The first-order valence-corrected chi connectivity index (χ1v) is 6.75. The minimum absolute atomic E-state index is 0.00641. The van der Waals surface area contributed by atoms with Gasteiger partial charge in [-0.25, -0.2) is 9.29 Å². The van der Waals surface area contributed by atoms with Crippen LogP contribution in [0, 0.1) is 11.7 Å². The molecular formula is C14H13ClFNO2. The number of rotatable bonds is 1. The minimum Gasteiger partial charge on any atom is -0.274 e. The normalized spacial score (nSPS) is 30.6. The van der Waals surface area contributed by atoms with Gasteiger partial charge in [0.15, 0.2) is 0 Å². The molecule has 2 unspecified atom stereocenters. The van der Waals surface area contributed by atoms with Crippen LogP contribution in [0.5, 0.6) is 0 Å². The highest BCUT2D eigenvalue weighted by molar-refractivity contribution is 6.45. The van der Waals surface area contributed by atoms with E-state index in [-0.39, 0.29) is 11.6 Å². The number of nitrogens with zero attached hydrogens (tertiary/aromatic N) is 1. The van der Waals surface area contributed by atoms with Crippen LogP contribution in [0.25, 0.3) is 0 Å². The Morgan fingerprint density at radius 3 is 2.68 bits per heavy atom. The molecule has 1 saturated carbocycles. The first-order chi connectivity index (χ1) is 9.05. The number of alkyl halides is 1. The minimum atomic E-state index is -1.17. The van der Waals surface area contributed by atoms with Crippen LogP contribution >= 0.6 is 11.6 Å². The van der Waals surface area contributed by atoms with Gasteiger partial charge >= 0.3 is 0 Å². The quantitative estimate of drug-likeness (QED) is 0.586. The second-order valence-electron chi connectivity index (χ2n) is 5.09. The molecule has 2 aliphatic rings. The average Bonchev–Trinajstić information content (AvgIpc) is 2.60. The van der Waals surface area contributed by atoms with Crippen molar-refractivity contribution in [3.63, 3.8) is 0 Å². The van der Waals surface area contributed by atoms with E-state index in [2.05, 4.69) is 0 Å². The van der Waals surface area contributed by atoms with E-state index in [1.807, 2.05) is 0 Å². The summed E-state index contributed by atoms with van der Waals surface area (Å²) in [5.74, 6) is -1.95. The molecule has 100 valence electrons. The Hall–Kier alpha value is -1.42. The van der Waals surface area contributed by atoms with Gasteiger partial charge in [0, 0.05) is 0 Å². The van der Waals surface area contributed by atoms with Gasteiger partial charge in [0.05, 0.1) is 11.6 Å². The smallest absolute Gasteiger partial charge is 0.255 e. The summed E-state index contributed by atoms with van der Waals surface area (Å²) < 4.78 is 13.8. The zero-order valence-corrected chi connectivity index (χ0v) is 11.0. The highest BCUT2D eigenvalue weighted by Crippen LogP contribution is 2.47. The Morgan fingerprint density at radius 2 is 2.00 bits per heavy atom. The van der Waals surface area contributed by atoms with Crippen LogP contribution in [-0.4, -0.2) is 16.7 Å². The molecule has 1 aromatic rings. The van der Waals surface area contributed by atoms with Crippen molar-refractivity contribution in [3.05, 3.63) is 30.1 Å². The van der Waals surface area contributed by atoms with Crippen molar-refractivity contribution >= 4 is 29.1 Å². The molecule has 3 nitrogen and oxygen atoms in total. The van der Waals surface area contributed by atoms with Crippen molar-refractivity contribution in [2.45, 2.75) is 30.6 Å². The molecule has 1 aromatic carbocycles. The molecule has 0 spiro atoms. The number of fused-ring (bicyclic) bond motifs is 1. The number of imide groups is 1. The van der Waals surface area contributed by atoms with Gasteiger partial charge in [-0.2, -0.15) is 0 Å². The largest absolute Gasteiger partial charge is 0.274 e. The van der Waals surface area contributed by atoms with Crippen LogP contribution in [0.15, 0.2) is 24.3 Å². The number of benzene rings is 1. The lowest BCUT2D eigenvalue weighted by Gasteiger charge is -2.28. The van der Waals surface area contributed by atoms with Gasteiger partial charge in [0.25, 0.3) is 5.91 Å². The Balaban J connectivity index is 2.07. The molecule has 1 aliphatic heterocycles. The predicted molar refractivity (Wildman–Crippen MR) is 69.4 cm³/mol. The standard InChI is InChI=1S/C14H13ClFNO2/c15-14-8-4-3-5-9(14)12(18)17(13(14)19)11-7-2-1-6-10(11)16/h1-2,6-7,9H,3-5,8H2. The van der Waals surface area contributed by atoms with Crippen LogP contribution in [-0.2, 0) is 9.59 Å². The third-order valence-electron chi connectivity index (χ3n) is 4.01. The maximum absolute atomic E-state index is 13.8. The molecule has 2 fully saturated rings. The van der Waals surface area contributed by atoms with Crippen molar-refractivity contribution in [3.8, 4) is 0 Å². The van der Waals surface area contributed by atoms with Crippen LogP contribution < -0.4 is 4.90 Å². The van der Waals surface area contributed by atoms with Gasteiger partial charge in [-0.1, -0.05) is 25.0 Å². The summed E-state index contributed by atoms with van der Waals surface area (Å²) in [6, 6.07) is 5.79. The fraction of sp³-hybridized carbons (Fsp3) is 0.429.